The predicted molar refractivity (Wildman–Crippen MR) is 86.8 cm³/mol. The zero-order chi connectivity index (χ0) is 17.1. The molecule has 1 aliphatic heterocycles. The number of aliphatic hydroxyl groups is 1. The van der Waals surface area contributed by atoms with Gasteiger partial charge in [0.05, 0.1) is 17.8 Å². The highest BCUT2D eigenvalue weighted by Gasteiger charge is 2.21. The number of ether oxygens (including phenoxy) is 1. The second kappa shape index (κ2) is 6.67. The van der Waals surface area contributed by atoms with Gasteiger partial charge in [0.2, 0.25) is 0 Å². The number of nitrogens with one attached hydrogen (secondary N) is 2. The Labute approximate surface area is 138 Å². The van der Waals surface area contributed by atoms with Gasteiger partial charge in [0.1, 0.15) is 12.4 Å². The molecule has 3 rings (SSSR count). The first kappa shape index (κ1) is 15.9. The zero-order valence-corrected chi connectivity index (χ0v) is 13.1. The van der Waals surface area contributed by atoms with Crippen molar-refractivity contribution in [3.63, 3.8) is 0 Å². The normalized spacial score (nSPS) is 14.7. The maximum absolute atomic E-state index is 12.2. The molecule has 1 aromatic heterocycles. The molecule has 0 fully saturated rings. The van der Waals surface area contributed by atoms with E-state index in [1.54, 1.807) is 37.3 Å². The van der Waals surface area contributed by atoms with Gasteiger partial charge in [-0.15, -0.1) is 0 Å². The molecule has 7 nitrogen and oxygen atoms in total. The average molecular weight is 327 g/mol. The van der Waals surface area contributed by atoms with Crippen LogP contribution in [0.25, 0.3) is 0 Å². The average Bonchev–Trinajstić information content (AvgIpc) is 2.76. The van der Waals surface area contributed by atoms with E-state index in [0.29, 0.717) is 35.8 Å². The van der Waals surface area contributed by atoms with Crippen molar-refractivity contribution in [2.24, 2.45) is 0 Å². The van der Waals surface area contributed by atoms with Crippen LogP contribution in [0, 0.1) is 6.92 Å². The summed E-state index contributed by atoms with van der Waals surface area (Å²) in [6, 6.07) is 9.83. The van der Waals surface area contributed by atoms with Crippen LogP contribution >= 0.6 is 0 Å². The topological polar surface area (TPSA) is 101 Å². The minimum Gasteiger partial charge on any atom is -0.491 e. The monoisotopic (exact) mass is 327 g/mol. The van der Waals surface area contributed by atoms with Crippen LogP contribution < -0.4 is 15.4 Å². The summed E-state index contributed by atoms with van der Waals surface area (Å²) in [5.41, 5.74) is 1.71. The highest BCUT2D eigenvalue weighted by atomic mass is 16.5. The van der Waals surface area contributed by atoms with E-state index in [1.165, 1.54) is 6.07 Å². The number of rotatable bonds is 3. The van der Waals surface area contributed by atoms with Gasteiger partial charge in [-0.1, -0.05) is 6.07 Å². The molecule has 0 radical (unpaired) electrons. The maximum atomic E-state index is 12.2. The molecule has 0 saturated carbocycles. The van der Waals surface area contributed by atoms with Crippen LogP contribution in [0.2, 0.25) is 0 Å². The predicted octanol–water partition coefficient (Wildman–Crippen LogP) is 1.18. The van der Waals surface area contributed by atoms with Crippen molar-refractivity contribution in [1.29, 1.82) is 0 Å². The molecule has 7 heteroatoms. The standard InChI is InChI=1S/C17H17N3O4/c1-10-3-2-4-13(19-10)15(21)17(23)20-11-5-6-14-12(9-11)16(22)18-7-8-24-14/h2-6,9,15,21H,7-8H2,1H3,(H,18,22)(H,20,23). The van der Waals surface area contributed by atoms with E-state index in [0.717, 1.165) is 0 Å². The van der Waals surface area contributed by atoms with Crippen LogP contribution in [0.5, 0.6) is 5.75 Å². The highest BCUT2D eigenvalue weighted by molar-refractivity contribution is 6.00. The lowest BCUT2D eigenvalue weighted by molar-refractivity contribution is -0.124. The van der Waals surface area contributed by atoms with E-state index < -0.39 is 12.0 Å². The molecular formula is C17H17N3O4. The van der Waals surface area contributed by atoms with E-state index >= 15 is 0 Å². The molecule has 0 aliphatic carbocycles. The van der Waals surface area contributed by atoms with Crippen molar-refractivity contribution in [2.75, 3.05) is 18.5 Å². The quantitative estimate of drug-likeness (QED) is 0.786. The third-order valence-corrected chi connectivity index (χ3v) is 3.58. The van der Waals surface area contributed by atoms with Gasteiger partial charge in [-0.05, 0) is 37.3 Å². The van der Waals surface area contributed by atoms with E-state index in [4.69, 9.17) is 4.74 Å². The first-order chi connectivity index (χ1) is 11.5. The Morgan fingerprint density at radius 1 is 1.38 bits per heavy atom. The largest absolute Gasteiger partial charge is 0.491 e. The number of pyridine rings is 1. The molecule has 2 amide bonds. The highest BCUT2D eigenvalue weighted by Crippen LogP contribution is 2.25. The summed E-state index contributed by atoms with van der Waals surface area (Å²) in [6.45, 7) is 2.59. The summed E-state index contributed by atoms with van der Waals surface area (Å²) >= 11 is 0. The molecular weight excluding hydrogens is 310 g/mol. The second-order valence-corrected chi connectivity index (χ2v) is 5.41. The summed E-state index contributed by atoms with van der Waals surface area (Å²) in [4.78, 5) is 28.3. The number of benzene rings is 1. The molecule has 0 spiro atoms. The van der Waals surface area contributed by atoms with Crippen LogP contribution in [-0.2, 0) is 4.79 Å². The summed E-state index contributed by atoms with van der Waals surface area (Å²) in [6.07, 6.45) is -1.39. The molecule has 24 heavy (non-hydrogen) atoms. The third-order valence-electron chi connectivity index (χ3n) is 3.58. The van der Waals surface area contributed by atoms with Crippen molar-refractivity contribution >= 4 is 17.5 Å². The van der Waals surface area contributed by atoms with Crippen LogP contribution in [0.1, 0.15) is 27.8 Å². The molecule has 0 bridgehead atoms. The number of aryl methyl sites for hydroxylation is 1. The zero-order valence-electron chi connectivity index (χ0n) is 13.1. The fourth-order valence-electron chi connectivity index (χ4n) is 2.39. The Kier molecular flexibility index (Phi) is 4.43. The number of nitrogens with zero attached hydrogens (tertiary/aromatic N) is 1. The number of amides is 2. The first-order valence-electron chi connectivity index (χ1n) is 7.52. The number of aliphatic hydroxyl groups excluding tert-OH is 1. The smallest absolute Gasteiger partial charge is 0.259 e. The lowest BCUT2D eigenvalue weighted by Gasteiger charge is -2.13. The number of aromatic nitrogens is 1. The molecule has 1 aliphatic rings. The van der Waals surface area contributed by atoms with E-state index in [-0.39, 0.29) is 11.6 Å². The Hall–Kier alpha value is -2.93. The Bertz CT molecular complexity index is 791. The van der Waals surface area contributed by atoms with Gasteiger partial charge >= 0.3 is 0 Å². The second-order valence-electron chi connectivity index (χ2n) is 5.41. The van der Waals surface area contributed by atoms with Crippen molar-refractivity contribution in [2.45, 2.75) is 13.0 Å². The Morgan fingerprint density at radius 2 is 2.21 bits per heavy atom. The third kappa shape index (κ3) is 3.36. The van der Waals surface area contributed by atoms with Gasteiger partial charge in [0.15, 0.2) is 6.10 Å². The van der Waals surface area contributed by atoms with Gasteiger partial charge in [0.25, 0.3) is 11.8 Å². The van der Waals surface area contributed by atoms with Gasteiger partial charge in [0, 0.05) is 11.4 Å². The van der Waals surface area contributed by atoms with Gasteiger partial charge < -0.3 is 20.5 Å². The Morgan fingerprint density at radius 3 is 3.00 bits per heavy atom. The fraction of sp³-hybridized carbons (Fsp3) is 0.235. The number of fused-ring (bicyclic) bond motifs is 1. The molecule has 124 valence electrons. The molecule has 3 N–H and O–H groups in total. The van der Waals surface area contributed by atoms with Crippen molar-refractivity contribution in [1.82, 2.24) is 10.3 Å². The summed E-state index contributed by atoms with van der Waals surface area (Å²) in [5, 5.41) is 15.4. The van der Waals surface area contributed by atoms with Crippen molar-refractivity contribution in [3.8, 4) is 5.75 Å². The van der Waals surface area contributed by atoms with E-state index in [9.17, 15) is 14.7 Å². The van der Waals surface area contributed by atoms with Crippen molar-refractivity contribution in [3.05, 3.63) is 53.3 Å². The number of carbonyl (C=O) groups is 2. The van der Waals surface area contributed by atoms with Crippen LogP contribution in [-0.4, -0.2) is 35.1 Å². The van der Waals surface area contributed by atoms with Crippen LogP contribution in [0.3, 0.4) is 0 Å². The van der Waals surface area contributed by atoms with E-state index in [1.807, 2.05) is 0 Å². The SMILES string of the molecule is Cc1cccc(C(O)C(=O)Nc2ccc3c(c2)C(=O)NCCO3)n1. The maximum Gasteiger partial charge on any atom is 0.259 e. The number of anilines is 1. The minimum absolute atomic E-state index is 0.264. The van der Waals surface area contributed by atoms with Gasteiger partial charge in [-0.3, -0.25) is 14.6 Å². The number of hydrogen-bond acceptors (Lipinski definition) is 5. The first-order valence-corrected chi connectivity index (χ1v) is 7.52. The molecule has 1 unspecified atom stereocenters. The summed E-state index contributed by atoms with van der Waals surface area (Å²) in [5.74, 6) is -0.425. The van der Waals surface area contributed by atoms with Crippen molar-refractivity contribution < 1.29 is 19.4 Å². The Balaban J connectivity index is 1.78. The molecule has 1 atom stereocenters. The molecule has 2 aromatic rings. The molecule has 2 heterocycles. The summed E-state index contributed by atoms with van der Waals surface area (Å²) in [7, 11) is 0. The van der Waals surface area contributed by atoms with E-state index in [2.05, 4.69) is 15.6 Å². The van der Waals surface area contributed by atoms with Gasteiger partial charge in [-0.2, -0.15) is 0 Å². The lowest BCUT2D eigenvalue weighted by atomic mass is 10.1. The van der Waals surface area contributed by atoms with Crippen LogP contribution in [0.15, 0.2) is 36.4 Å². The van der Waals surface area contributed by atoms with Crippen LogP contribution in [0.4, 0.5) is 5.69 Å². The lowest BCUT2D eigenvalue weighted by Crippen LogP contribution is -2.25. The number of hydrogen-bond donors (Lipinski definition) is 3. The fourth-order valence-corrected chi connectivity index (χ4v) is 2.39. The summed E-state index contributed by atoms with van der Waals surface area (Å²) < 4.78 is 5.45. The number of carbonyl (C=O) groups excluding carboxylic acids is 2. The molecule has 0 saturated heterocycles. The van der Waals surface area contributed by atoms with Gasteiger partial charge in [-0.25, -0.2) is 0 Å². The molecule has 1 aromatic carbocycles. The minimum atomic E-state index is -1.39.